The minimum Gasteiger partial charge on any atom is -0.291 e. The second-order valence-corrected chi connectivity index (χ2v) is 4.94. The number of benzene rings is 1. The smallest absolute Gasteiger partial charge is 0.193 e. The molecule has 3 nitrogen and oxygen atoms in total. The summed E-state index contributed by atoms with van der Waals surface area (Å²) in [5.74, 6) is 0.358. The van der Waals surface area contributed by atoms with Gasteiger partial charge in [-0.3, -0.25) is 9.48 Å². The summed E-state index contributed by atoms with van der Waals surface area (Å²) in [5, 5.41) is 4.74. The molecule has 0 unspecified atom stereocenters. The third-order valence-corrected chi connectivity index (χ3v) is 3.71. The van der Waals surface area contributed by atoms with Crippen molar-refractivity contribution in [2.45, 2.75) is 4.90 Å². The van der Waals surface area contributed by atoms with Gasteiger partial charge in [-0.15, -0.1) is 11.8 Å². The van der Waals surface area contributed by atoms with Crippen LogP contribution in [-0.2, 0) is 7.05 Å². The Morgan fingerprint density at radius 2 is 2.18 bits per heavy atom. The third kappa shape index (κ3) is 3.11. The summed E-state index contributed by atoms with van der Waals surface area (Å²) in [4.78, 5) is 12.7. The molecule has 0 fully saturated rings. The highest BCUT2D eigenvalue weighted by molar-refractivity contribution is 8.00. The number of ketones is 1. The average molecular weight is 267 g/mol. The number of halogens is 1. The fourth-order valence-electron chi connectivity index (χ4n) is 1.34. The highest BCUT2D eigenvalue weighted by Crippen LogP contribution is 2.26. The van der Waals surface area contributed by atoms with Gasteiger partial charge in [-0.1, -0.05) is 23.7 Å². The lowest BCUT2D eigenvalue weighted by atomic mass is 10.3. The molecule has 1 aromatic carbocycles. The normalized spacial score (nSPS) is 10.5. The topological polar surface area (TPSA) is 34.9 Å². The molecule has 88 valence electrons. The zero-order chi connectivity index (χ0) is 12.3. The van der Waals surface area contributed by atoms with Crippen LogP contribution in [0.4, 0.5) is 0 Å². The van der Waals surface area contributed by atoms with E-state index < -0.39 is 0 Å². The van der Waals surface area contributed by atoms with Gasteiger partial charge in [0.1, 0.15) is 5.69 Å². The van der Waals surface area contributed by atoms with Crippen LogP contribution in [0.5, 0.6) is 0 Å². The van der Waals surface area contributed by atoms with Gasteiger partial charge >= 0.3 is 0 Å². The quantitative estimate of drug-likeness (QED) is 0.630. The van der Waals surface area contributed by atoms with Crippen LogP contribution in [0.15, 0.2) is 41.4 Å². The molecule has 5 heteroatoms. The molecule has 0 aliphatic heterocycles. The van der Waals surface area contributed by atoms with Crippen molar-refractivity contribution in [1.29, 1.82) is 0 Å². The fourth-order valence-corrected chi connectivity index (χ4v) is 2.46. The highest BCUT2D eigenvalue weighted by Gasteiger charge is 2.10. The van der Waals surface area contributed by atoms with Crippen molar-refractivity contribution in [3.63, 3.8) is 0 Å². The van der Waals surface area contributed by atoms with Gasteiger partial charge in [0.25, 0.3) is 0 Å². The SMILES string of the molecule is Cn1ccc(C(=O)CSc2ccccc2Cl)n1. The van der Waals surface area contributed by atoms with Crippen LogP contribution in [0.2, 0.25) is 5.02 Å². The monoisotopic (exact) mass is 266 g/mol. The molecule has 1 heterocycles. The average Bonchev–Trinajstić information content (AvgIpc) is 2.74. The number of nitrogens with zero attached hydrogens (tertiary/aromatic N) is 2. The number of aromatic nitrogens is 2. The number of hydrogen-bond acceptors (Lipinski definition) is 3. The first-order chi connectivity index (χ1) is 8.16. The molecule has 1 aromatic heterocycles. The lowest BCUT2D eigenvalue weighted by Crippen LogP contribution is -2.04. The van der Waals surface area contributed by atoms with Gasteiger partial charge in [-0.2, -0.15) is 5.10 Å². The van der Waals surface area contributed by atoms with Gasteiger partial charge in [-0.25, -0.2) is 0 Å². The molecular formula is C12H11ClN2OS. The van der Waals surface area contributed by atoms with E-state index in [0.29, 0.717) is 16.5 Å². The summed E-state index contributed by atoms with van der Waals surface area (Å²) in [6.07, 6.45) is 1.76. The maximum absolute atomic E-state index is 11.8. The van der Waals surface area contributed by atoms with Gasteiger partial charge < -0.3 is 0 Å². The van der Waals surface area contributed by atoms with Crippen molar-refractivity contribution in [2.24, 2.45) is 7.05 Å². The number of aryl methyl sites for hydroxylation is 1. The Balaban J connectivity index is 1.99. The maximum Gasteiger partial charge on any atom is 0.193 e. The first-order valence-corrected chi connectivity index (χ1v) is 6.43. The molecule has 2 aromatic rings. The summed E-state index contributed by atoms with van der Waals surface area (Å²) < 4.78 is 1.62. The molecule has 0 saturated carbocycles. The van der Waals surface area contributed by atoms with Gasteiger partial charge in [-0.05, 0) is 18.2 Å². The molecule has 0 aliphatic rings. The first-order valence-electron chi connectivity index (χ1n) is 5.07. The van der Waals surface area contributed by atoms with Crippen molar-refractivity contribution in [3.8, 4) is 0 Å². The van der Waals surface area contributed by atoms with Crippen LogP contribution in [-0.4, -0.2) is 21.3 Å². The lowest BCUT2D eigenvalue weighted by Gasteiger charge is -2.01. The number of thioether (sulfide) groups is 1. The van der Waals surface area contributed by atoms with E-state index in [2.05, 4.69) is 5.10 Å². The molecule has 0 saturated heterocycles. The summed E-state index contributed by atoms with van der Waals surface area (Å²) in [6, 6.07) is 9.20. The molecule has 17 heavy (non-hydrogen) atoms. The Morgan fingerprint density at radius 1 is 1.41 bits per heavy atom. The largest absolute Gasteiger partial charge is 0.291 e. The Morgan fingerprint density at radius 3 is 2.82 bits per heavy atom. The summed E-state index contributed by atoms with van der Waals surface area (Å²) in [7, 11) is 1.79. The third-order valence-electron chi connectivity index (χ3n) is 2.19. The first kappa shape index (κ1) is 12.2. The number of hydrogen-bond donors (Lipinski definition) is 0. The van der Waals surface area contributed by atoms with Crippen molar-refractivity contribution < 1.29 is 4.79 Å². The van der Waals surface area contributed by atoms with Crippen LogP contribution in [0.1, 0.15) is 10.5 Å². The van der Waals surface area contributed by atoms with Crippen LogP contribution in [0.3, 0.4) is 0 Å². The molecule has 0 amide bonds. The minimum atomic E-state index is 0.00974. The van der Waals surface area contributed by atoms with Crippen LogP contribution < -0.4 is 0 Å². The Bertz CT molecular complexity index is 539. The van der Waals surface area contributed by atoms with Gasteiger partial charge in [0.05, 0.1) is 10.8 Å². The molecule has 0 spiro atoms. The number of carbonyl (C=O) groups excluding carboxylic acids is 1. The fraction of sp³-hybridized carbons (Fsp3) is 0.167. The second kappa shape index (κ2) is 5.38. The molecule has 0 bridgehead atoms. The predicted octanol–water partition coefficient (Wildman–Crippen LogP) is 3.05. The van der Waals surface area contributed by atoms with E-state index in [4.69, 9.17) is 11.6 Å². The number of Topliss-reactive ketones (excluding diaryl/α,β-unsaturated/α-hetero) is 1. The second-order valence-electron chi connectivity index (χ2n) is 3.52. The molecule has 0 N–H and O–H groups in total. The van der Waals surface area contributed by atoms with E-state index in [1.807, 2.05) is 24.3 Å². The Hall–Kier alpha value is -1.26. The Labute approximate surface area is 109 Å². The van der Waals surface area contributed by atoms with E-state index in [9.17, 15) is 4.79 Å². The van der Waals surface area contributed by atoms with E-state index in [1.54, 1.807) is 24.0 Å². The standard InChI is InChI=1S/C12H11ClN2OS/c1-15-7-6-10(14-15)11(16)8-17-12-5-3-2-4-9(12)13/h2-7H,8H2,1H3. The number of rotatable bonds is 4. The number of carbonyl (C=O) groups is 1. The molecule has 2 rings (SSSR count). The van der Waals surface area contributed by atoms with E-state index >= 15 is 0 Å². The zero-order valence-electron chi connectivity index (χ0n) is 9.26. The summed E-state index contributed by atoms with van der Waals surface area (Å²) in [5.41, 5.74) is 0.493. The molecule has 0 radical (unpaired) electrons. The maximum atomic E-state index is 11.8. The van der Waals surface area contributed by atoms with E-state index in [0.717, 1.165) is 4.90 Å². The predicted molar refractivity (Wildman–Crippen MR) is 69.7 cm³/mol. The van der Waals surface area contributed by atoms with Crippen molar-refractivity contribution in [2.75, 3.05) is 5.75 Å². The minimum absolute atomic E-state index is 0.00974. The molecule has 0 aliphatic carbocycles. The van der Waals surface area contributed by atoms with Crippen LogP contribution in [0.25, 0.3) is 0 Å². The highest BCUT2D eigenvalue weighted by atomic mass is 35.5. The van der Waals surface area contributed by atoms with E-state index in [1.165, 1.54) is 11.8 Å². The van der Waals surface area contributed by atoms with Crippen LogP contribution >= 0.6 is 23.4 Å². The van der Waals surface area contributed by atoms with Gasteiger partial charge in [0, 0.05) is 18.1 Å². The van der Waals surface area contributed by atoms with Gasteiger partial charge in [0.15, 0.2) is 5.78 Å². The molecule has 0 atom stereocenters. The van der Waals surface area contributed by atoms with Crippen LogP contribution in [0, 0.1) is 0 Å². The van der Waals surface area contributed by atoms with Crippen molar-refractivity contribution in [1.82, 2.24) is 9.78 Å². The van der Waals surface area contributed by atoms with Crippen molar-refractivity contribution >= 4 is 29.1 Å². The lowest BCUT2D eigenvalue weighted by molar-refractivity contribution is 0.101. The summed E-state index contributed by atoms with van der Waals surface area (Å²) >= 11 is 7.43. The van der Waals surface area contributed by atoms with E-state index in [-0.39, 0.29) is 5.78 Å². The van der Waals surface area contributed by atoms with Gasteiger partial charge in [0.2, 0.25) is 0 Å². The summed E-state index contributed by atoms with van der Waals surface area (Å²) in [6.45, 7) is 0. The zero-order valence-corrected chi connectivity index (χ0v) is 10.8. The molecular weight excluding hydrogens is 256 g/mol. The Kier molecular flexibility index (Phi) is 3.86. The van der Waals surface area contributed by atoms with Crippen molar-refractivity contribution in [3.05, 3.63) is 47.2 Å².